The third-order valence-electron chi connectivity index (χ3n) is 4.02. The van der Waals surface area contributed by atoms with E-state index in [-0.39, 0.29) is 0 Å². The fourth-order valence-electron chi connectivity index (χ4n) is 2.93. The first-order chi connectivity index (χ1) is 9.29. The summed E-state index contributed by atoms with van der Waals surface area (Å²) >= 11 is 0. The van der Waals surface area contributed by atoms with E-state index in [1.54, 1.807) is 0 Å². The summed E-state index contributed by atoms with van der Waals surface area (Å²) in [6.07, 6.45) is 9.48. The topological polar surface area (TPSA) is 47.7 Å². The van der Waals surface area contributed by atoms with Gasteiger partial charge in [0.2, 0.25) is 0 Å². The second-order valence-electron chi connectivity index (χ2n) is 5.13. The Kier molecular flexibility index (Phi) is 3.38. The molecule has 102 valence electrons. The van der Waals surface area contributed by atoms with E-state index in [1.165, 1.54) is 24.1 Å². The molecule has 1 atom stereocenters. The smallest absolute Gasteiger partial charge is 0.122 e. The molecule has 0 saturated carbocycles. The maximum absolute atomic E-state index is 4.41. The zero-order valence-corrected chi connectivity index (χ0v) is 11.6. The lowest BCUT2D eigenvalue weighted by Crippen LogP contribution is -2.26. The van der Waals surface area contributed by atoms with Crippen molar-refractivity contribution >= 4 is 0 Å². The van der Waals surface area contributed by atoms with Gasteiger partial charge >= 0.3 is 0 Å². The number of nitrogens with zero attached hydrogens (tertiary/aromatic N) is 4. The van der Waals surface area contributed by atoms with Gasteiger partial charge < -0.3 is 9.88 Å². The van der Waals surface area contributed by atoms with Gasteiger partial charge in [-0.3, -0.25) is 4.68 Å². The van der Waals surface area contributed by atoms with Crippen molar-refractivity contribution in [3.63, 3.8) is 0 Å². The maximum atomic E-state index is 4.41. The summed E-state index contributed by atoms with van der Waals surface area (Å²) in [6, 6.07) is 0.416. The van der Waals surface area contributed by atoms with Gasteiger partial charge in [-0.15, -0.1) is 0 Å². The van der Waals surface area contributed by atoms with Crippen LogP contribution in [-0.2, 0) is 26.6 Å². The zero-order chi connectivity index (χ0) is 13.2. The largest absolute Gasteiger partial charge is 0.334 e. The van der Waals surface area contributed by atoms with Crippen LogP contribution in [0.4, 0.5) is 0 Å². The molecule has 2 heterocycles. The van der Waals surface area contributed by atoms with Gasteiger partial charge in [-0.25, -0.2) is 4.98 Å². The van der Waals surface area contributed by atoms with Crippen molar-refractivity contribution in [1.82, 2.24) is 24.6 Å². The van der Waals surface area contributed by atoms with E-state index in [4.69, 9.17) is 0 Å². The van der Waals surface area contributed by atoms with Crippen molar-refractivity contribution in [2.24, 2.45) is 7.05 Å². The lowest BCUT2D eigenvalue weighted by Gasteiger charge is -2.23. The molecule has 2 aromatic rings. The summed E-state index contributed by atoms with van der Waals surface area (Å²) in [6.45, 7) is 3.94. The highest BCUT2D eigenvalue weighted by Crippen LogP contribution is 2.29. The number of imidazole rings is 1. The van der Waals surface area contributed by atoms with Crippen LogP contribution in [0.5, 0.6) is 0 Å². The molecule has 0 spiro atoms. The van der Waals surface area contributed by atoms with E-state index in [0.717, 1.165) is 25.3 Å². The number of aryl methyl sites for hydroxylation is 2. The van der Waals surface area contributed by atoms with Gasteiger partial charge in [0, 0.05) is 43.3 Å². The van der Waals surface area contributed by atoms with E-state index < -0.39 is 0 Å². The van der Waals surface area contributed by atoms with E-state index >= 15 is 0 Å². The lowest BCUT2D eigenvalue weighted by atomic mass is 9.93. The average Bonchev–Trinajstić information content (AvgIpc) is 3.03. The second-order valence-corrected chi connectivity index (χ2v) is 5.13. The van der Waals surface area contributed by atoms with Crippen LogP contribution in [0.15, 0.2) is 18.6 Å². The van der Waals surface area contributed by atoms with Gasteiger partial charge in [-0.05, 0) is 26.2 Å². The van der Waals surface area contributed by atoms with Crippen LogP contribution < -0.4 is 5.32 Å². The van der Waals surface area contributed by atoms with Crippen LogP contribution in [0.1, 0.15) is 42.9 Å². The van der Waals surface area contributed by atoms with Crippen LogP contribution in [0.3, 0.4) is 0 Å². The summed E-state index contributed by atoms with van der Waals surface area (Å²) in [7, 11) is 2.03. The van der Waals surface area contributed by atoms with Crippen molar-refractivity contribution in [2.75, 3.05) is 0 Å². The van der Waals surface area contributed by atoms with Gasteiger partial charge in [0.25, 0.3) is 0 Å². The first-order valence-corrected chi connectivity index (χ1v) is 7.03. The Morgan fingerprint density at radius 3 is 3.21 bits per heavy atom. The standard InChI is InChI=1S/C14H21N5/c1-3-19-8-7-15-14(19)10-16-12-5-4-6-13-11(12)9-17-18(13)2/h7-9,12,16H,3-6,10H2,1-2H3. The summed E-state index contributed by atoms with van der Waals surface area (Å²) in [5.74, 6) is 1.11. The highest BCUT2D eigenvalue weighted by Gasteiger charge is 2.23. The van der Waals surface area contributed by atoms with Crippen LogP contribution in [0.25, 0.3) is 0 Å². The van der Waals surface area contributed by atoms with Crippen molar-refractivity contribution in [3.05, 3.63) is 35.7 Å². The molecular formula is C14H21N5. The van der Waals surface area contributed by atoms with E-state index in [9.17, 15) is 0 Å². The minimum Gasteiger partial charge on any atom is -0.334 e. The summed E-state index contributed by atoms with van der Waals surface area (Å²) < 4.78 is 4.19. The molecule has 1 unspecified atom stereocenters. The third kappa shape index (κ3) is 2.30. The molecule has 0 aromatic carbocycles. The third-order valence-corrected chi connectivity index (χ3v) is 4.02. The van der Waals surface area contributed by atoms with Crippen LogP contribution in [-0.4, -0.2) is 19.3 Å². The number of fused-ring (bicyclic) bond motifs is 1. The van der Waals surface area contributed by atoms with Crippen LogP contribution >= 0.6 is 0 Å². The second kappa shape index (κ2) is 5.17. The van der Waals surface area contributed by atoms with E-state index in [2.05, 4.69) is 26.9 Å². The Morgan fingerprint density at radius 1 is 1.47 bits per heavy atom. The van der Waals surface area contributed by atoms with Crippen LogP contribution in [0.2, 0.25) is 0 Å². The number of hydrogen-bond donors (Lipinski definition) is 1. The molecule has 0 radical (unpaired) electrons. The molecule has 1 aliphatic carbocycles. The Bertz CT molecular complexity index is 554. The van der Waals surface area contributed by atoms with E-state index in [0.29, 0.717) is 6.04 Å². The average molecular weight is 259 g/mol. The predicted octanol–water partition coefficient (Wildman–Crippen LogP) is 1.80. The number of aromatic nitrogens is 4. The van der Waals surface area contributed by atoms with Gasteiger partial charge in [0.1, 0.15) is 5.82 Å². The van der Waals surface area contributed by atoms with E-state index in [1.807, 2.05) is 30.3 Å². The number of hydrogen-bond acceptors (Lipinski definition) is 3. The fourth-order valence-corrected chi connectivity index (χ4v) is 2.93. The van der Waals surface area contributed by atoms with Gasteiger partial charge in [-0.1, -0.05) is 0 Å². The summed E-state index contributed by atoms with van der Waals surface area (Å²) in [4.78, 5) is 4.41. The Hall–Kier alpha value is -1.62. The predicted molar refractivity (Wildman–Crippen MR) is 73.6 cm³/mol. The van der Waals surface area contributed by atoms with Gasteiger partial charge in [-0.2, -0.15) is 5.10 Å². The fraction of sp³-hybridized carbons (Fsp3) is 0.571. The SMILES string of the molecule is CCn1ccnc1CNC1CCCc2c1cnn2C. The molecule has 0 fully saturated rings. The highest BCUT2D eigenvalue weighted by atomic mass is 15.3. The molecule has 5 heteroatoms. The molecule has 19 heavy (non-hydrogen) atoms. The zero-order valence-electron chi connectivity index (χ0n) is 11.6. The number of nitrogens with one attached hydrogen (secondary N) is 1. The molecule has 0 amide bonds. The molecule has 0 bridgehead atoms. The van der Waals surface area contributed by atoms with Crippen LogP contribution in [0, 0.1) is 0 Å². The van der Waals surface area contributed by atoms with Crippen molar-refractivity contribution in [2.45, 2.75) is 45.3 Å². The molecule has 1 N–H and O–H groups in total. The molecule has 2 aromatic heterocycles. The molecule has 3 rings (SSSR count). The molecule has 0 saturated heterocycles. The molecule has 0 aliphatic heterocycles. The summed E-state index contributed by atoms with van der Waals surface area (Å²) in [5, 5.41) is 8.01. The van der Waals surface area contributed by atoms with Gasteiger partial charge in [0.05, 0.1) is 12.7 Å². The van der Waals surface area contributed by atoms with Crippen molar-refractivity contribution in [1.29, 1.82) is 0 Å². The quantitative estimate of drug-likeness (QED) is 0.911. The summed E-state index contributed by atoms with van der Waals surface area (Å²) in [5.41, 5.74) is 2.74. The van der Waals surface area contributed by atoms with Crippen molar-refractivity contribution in [3.8, 4) is 0 Å². The lowest BCUT2D eigenvalue weighted by molar-refractivity contribution is 0.441. The Morgan fingerprint density at radius 2 is 2.37 bits per heavy atom. The number of rotatable bonds is 4. The Labute approximate surface area is 113 Å². The molecule has 1 aliphatic rings. The van der Waals surface area contributed by atoms with Crippen molar-refractivity contribution < 1.29 is 0 Å². The first kappa shape index (κ1) is 12.4. The Balaban J connectivity index is 1.71. The monoisotopic (exact) mass is 259 g/mol. The normalized spacial score (nSPS) is 18.5. The highest BCUT2D eigenvalue weighted by molar-refractivity contribution is 5.24. The molecular weight excluding hydrogens is 238 g/mol. The maximum Gasteiger partial charge on any atom is 0.122 e. The molecule has 5 nitrogen and oxygen atoms in total. The first-order valence-electron chi connectivity index (χ1n) is 7.03. The minimum absolute atomic E-state index is 0.416. The minimum atomic E-state index is 0.416. The van der Waals surface area contributed by atoms with Gasteiger partial charge in [0.15, 0.2) is 0 Å².